The highest BCUT2D eigenvalue weighted by Crippen LogP contribution is 2.12. The van der Waals surface area contributed by atoms with Crippen molar-refractivity contribution >= 4 is 0 Å². The average molecular weight is 129 g/mol. The molecule has 0 unspecified atom stereocenters. The SMILES string of the molecule is CC[N+]1(N)CCCCC1. The molecule has 0 radical (unpaired) electrons. The van der Waals surface area contributed by atoms with Crippen LogP contribution in [0.4, 0.5) is 0 Å². The molecule has 54 valence electrons. The molecule has 0 spiro atoms. The van der Waals surface area contributed by atoms with E-state index < -0.39 is 0 Å². The van der Waals surface area contributed by atoms with Crippen molar-refractivity contribution in [1.82, 2.24) is 0 Å². The van der Waals surface area contributed by atoms with Gasteiger partial charge in [0.1, 0.15) is 0 Å². The maximum absolute atomic E-state index is 6.00. The van der Waals surface area contributed by atoms with Gasteiger partial charge in [-0.25, -0.2) is 4.59 Å². The molecule has 0 aromatic rings. The molecule has 1 heterocycles. The fourth-order valence-electron chi connectivity index (χ4n) is 1.46. The number of hydrogen-bond acceptors (Lipinski definition) is 1. The largest absolute Gasteiger partial charge is 0.248 e. The van der Waals surface area contributed by atoms with E-state index in [1.165, 1.54) is 32.4 Å². The second-order valence-electron chi connectivity index (χ2n) is 3.04. The number of piperidine rings is 1. The van der Waals surface area contributed by atoms with Crippen LogP contribution in [-0.2, 0) is 0 Å². The van der Waals surface area contributed by atoms with E-state index in [9.17, 15) is 0 Å². The predicted octanol–water partition coefficient (Wildman–Crippen LogP) is 0.881. The molecule has 0 saturated carbocycles. The molecule has 9 heavy (non-hydrogen) atoms. The summed E-state index contributed by atoms with van der Waals surface area (Å²) in [5.74, 6) is 6.00. The number of nitrogens with two attached hydrogens (primary N) is 1. The number of nitrogens with zero attached hydrogens (tertiary/aromatic N) is 1. The summed E-state index contributed by atoms with van der Waals surface area (Å²) in [5, 5.41) is 0. The Balaban J connectivity index is 2.37. The maximum atomic E-state index is 6.00. The third-order valence-corrected chi connectivity index (χ3v) is 2.34. The second kappa shape index (κ2) is 2.67. The maximum Gasteiger partial charge on any atom is 0.0960 e. The zero-order valence-corrected chi connectivity index (χ0v) is 6.27. The van der Waals surface area contributed by atoms with Gasteiger partial charge in [-0.2, -0.15) is 5.84 Å². The monoisotopic (exact) mass is 129 g/mol. The smallest absolute Gasteiger partial charge is 0.0960 e. The molecule has 1 saturated heterocycles. The highest BCUT2D eigenvalue weighted by atomic mass is 15.6. The Morgan fingerprint density at radius 1 is 1.22 bits per heavy atom. The van der Waals surface area contributed by atoms with Crippen molar-refractivity contribution in [2.24, 2.45) is 5.84 Å². The van der Waals surface area contributed by atoms with Gasteiger partial charge in [-0.3, -0.25) is 0 Å². The van der Waals surface area contributed by atoms with E-state index in [0.717, 1.165) is 11.1 Å². The lowest BCUT2D eigenvalue weighted by atomic mass is 10.1. The number of hydrogen-bond donors (Lipinski definition) is 1. The normalized spacial score (nSPS) is 26.0. The van der Waals surface area contributed by atoms with E-state index in [1.807, 2.05) is 0 Å². The molecule has 1 aliphatic heterocycles. The molecular formula is C7H17N2+. The molecule has 2 nitrogen and oxygen atoms in total. The Labute approximate surface area is 57.2 Å². The predicted molar refractivity (Wildman–Crippen MR) is 38.6 cm³/mol. The van der Waals surface area contributed by atoms with Crippen LogP contribution in [0.3, 0.4) is 0 Å². The van der Waals surface area contributed by atoms with E-state index in [-0.39, 0.29) is 0 Å². The van der Waals surface area contributed by atoms with Crippen LogP contribution in [0.5, 0.6) is 0 Å². The first-order chi connectivity index (χ1) is 4.27. The minimum atomic E-state index is 0.819. The van der Waals surface area contributed by atoms with Gasteiger partial charge in [0.2, 0.25) is 0 Å². The van der Waals surface area contributed by atoms with E-state index in [2.05, 4.69) is 6.92 Å². The Kier molecular flexibility index (Phi) is 2.09. The van der Waals surface area contributed by atoms with Gasteiger partial charge in [0, 0.05) is 0 Å². The fourth-order valence-corrected chi connectivity index (χ4v) is 1.46. The molecule has 1 rings (SSSR count). The molecule has 0 amide bonds. The number of rotatable bonds is 1. The van der Waals surface area contributed by atoms with Crippen LogP contribution in [0.25, 0.3) is 0 Å². The first-order valence-electron chi connectivity index (χ1n) is 3.91. The van der Waals surface area contributed by atoms with E-state index in [1.54, 1.807) is 0 Å². The summed E-state index contributed by atoms with van der Waals surface area (Å²) in [6, 6.07) is 0. The van der Waals surface area contributed by atoms with Crippen molar-refractivity contribution in [3.63, 3.8) is 0 Å². The summed E-state index contributed by atoms with van der Waals surface area (Å²) >= 11 is 0. The zero-order chi connectivity index (χ0) is 6.74. The molecule has 0 bridgehead atoms. The van der Waals surface area contributed by atoms with E-state index >= 15 is 0 Å². The molecule has 0 atom stereocenters. The lowest BCUT2D eigenvalue weighted by Gasteiger charge is -2.34. The Bertz CT molecular complexity index is 84.9. The van der Waals surface area contributed by atoms with Crippen molar-refractivity contribution in [2.45, 2.75) is 26.2 Å². The third kappa shape index (κ3) is 1.66. The molecule has 1 aliphatic rings. The van der Waals surface area contributed by atoms with Gasteiger partial charge in [-0.05, 0) is 26.2 Å². The Hall–Kier alpha value is -0.0800. The summed E-state index contributed by atoms with van der Waals surface area (Å²) in [6.07, 6.45) is 4.03. The van der Waals surface area contributed by atoms with Crippen LogP contribution < -0.4 is 5.84 Å². The van der Waals surface area contributed by atoms with Crippen molar-refractivity contribution in [2.75, 3.05) is 19.6 Å². The summed E-state index contributed by atoms with van der Waals surface area (Å²) in [7, 11) is 0. The minimum absolute atomic E-state index is 0.819. The molecule has 0 aromatic heterocycles. The lowest BCUT2D eigenvalue weighted by molar-refractivity contribution is -0.942. The van der Waals surface area contributed by atoms with Gasteiger partial charge in [0.15, 0.2) is 0 Å². The van der Waals surface area contributed by atoms with Crippen LogP contribution >= 0.6 is 0 Å². The molecule has 2 N–H and O–H groups in total. The Morgan fingerprint density at radius 3 is 2.11 bits per heavy atom. The van der Waals surface area contributed by atoms with Crippen LogP contribution in [0.15, 0.2) is 0 Å². The summed E-state index contributed by atoms with van der Waals surface area (Å²) in [4.78, 5) is 0. The molecule has 0 aliphatic carbocycles. The van der Waals surface area contributed by atoms with Gasteiger partial charge in [-0.1, -0.05) is 0 Å². The van der Waals surface area contributed by atoms with Crippen LogP contribution in [0, 0.1) is 0 Å². The Morgan fingerprint density at radius 2 is 1.78 bits per heavy atom. The standard InChI is InChI=1S/C7H17N2/c1-2-9(8)6-4-3-5-7-9/h2-8H2,1H3/q+1. The molecular weight excluding hydrogens is 112 g/mol. The lowest BCUT2D eigenvalue weighted by Crippen LogP contribution is -2.56. The summed E-state index contributed by atoms with van der Waals surface area (Å²) < 4.78 is 0.819. The average Bonchev–Trinajstić information content (AvgIpc) is 1.90. The van der Waals surface area contributed by atoms with Gasteiger partial charge in [0.05, 0.1) is 19.6 Å². The minimum Gasteiger partial charge on any atom is -0.248 e. The second-order valence-corrected chi connectivity index (χ2v) is 3.04. The highest BCUT2D eigenvalue weighted by molar-refractivity contribution is 4.48. The van der Waals surface area contributed by atoms with E-state index in [4.69, 9.17) is 5.84 Å². The van der Waals surface area contributed by atoms with Gasteiger partial charge in [-0.15, -0.1) is 0 Å². The van der Waals surface area contributed by atoms with Crippen molar-refractivity contribution < 1.29 is 4.59 Å². The summed E-state index contributed by atoms with van der Waals surface area (Å²) in [5.41, 5.74) is 0. The third-order valence-electron chi connectivity index (χ3n) is 2.34. The number of likely N-dealkylation sites (tertiary alicyclic amines) is 1. The molecule has 1 fully saturated rings. The molecule has 2 heteroatoms. The van der Waals surface area contributed by atoms with Crippen LogP contribution in [0.1, 0.15) is 26.2 Å². The van der Waals surface area contributed by atoms with Crippen molar-refractivity contribution in [1.29, 1.82) is 0 Å². The molecule has 0 aromatic carbocycles. The first-order valence-corrected chi connectivity index (χ1v) is 3.91. The fraction of sp³-hybridized carbons (Fsp3) is 1.00. The summed E-state index contributed by atoms with van der Waals surface area (Å²) in [6.45, 7) is 5.65. The quantitative estimate of drug-likeness (QED) is 0.413. The van der Waals surface area contributed by atoms with Gasteiger partial charge >= 0.3 is 0 Å². The van der Waals surface area contributed by atoms with Crippen LogP contribution in [0.2, 0.25) is 0 Å². The van der Waals surface area contributed by atoms with Gasteiger partial charge in [0.25, 0.3) is 0 Å². The van der Waals surface area contributed by atoms with E-state index in [0.29, 0.717) is 0 Å². The number of quaternary nitrogens is 1. The topological polar surface area (TPSA) is 26.0 Å². The highest BCUT2D eigenvalue weighted by Gasteiger charge is 2.22. The van der Waals surface area contributed by atoms with Crippen molar-refractivity contribution in [3.8, 4) is 0 Å². The van der Waals surface area contributed by atoms with Crippen molar-refractivity contribution in [3.05, 3.63) is 0 Å². The zero-order valence-electron chi connectivity index (χ0n) is 6.27. The van der Waals surface area contributed by atoms with Crippen LogP contribution in [-0.4, -0.2) is 24.2 Å². The first kappa shape index (κ1) is 7.03. The van der Waals surface area contributed by atoms with Gasteiger partial charge < -0.3 is 0 Å².